The number of quaternary nitrogens is 1. The van der Waals surface area contributed by atoms with Gasteiger partial charge < -0.3 is 15.0 Å². The van der Waals surface area contributed by atoms with E-state index in [0.717, 1.165) is 51.4 Å². The number of aromatic amines is 1. The first-order chi connectivity index (χ1) is 10.8. The number of carbonyl (C=O) groups excluding carboxylic acids is 1. The first-order valence-corrected chi connectivity index (χ1v) is 8.25. The summed E-state index contributed by atoms with van der Waals surface area (Å²) in [6.45, 7) is 6.02. The zero-order valence-corrected chi connectivity index (χ0v) is 13.0. The SMILES string of the molecule is O=C(C[NH+]1CCN(c2cccc[nH+]2)CC1)NC[C@H]1CCCO1. The summed E-state index contributed by atoms with van der Waals surface area (Å²) in [7, 11) is 0. The molecule has 1 aromatic heterocycles. The Kier molecular flexibility index (Phi) is 5.24. The van der Waals surface area contributed by atoms with Crippen LogP contribution in [-0.4, -0.2) is 57.9 Å². The lowest BCUT2D eigenvalue weighted by Gasteiger charge is -2.27. The number of nitrogens with zero attached hydrogens (tertiary/aromatic N) is 1. The van der Waals surface area contributed by atoms with Crippen LogP contribution in [0, 0.1) is 0 Å². The fourth-order valence-corrected chi connectivity index (χ4v) is 3.14. The van der Waals surface area contributed by atoms with Crippen molar-refractivity contribution in [1.82, 2.24) is 5.32 Å². The van der Waals surface area contributed by atoms with Gasteiger partial charge in [-0.25, -0.2) is 4.98 Å². The minimum atomic E-state index is 0.144. The number of hydrogen-bond acceptors (Lipinski definition) is 3. The van der Waals surface area contributed by atoms with Crippen LogP contribution in [0.1, 0.15) is 12.8 Å². The number of carbonyl (C=O) groups is 1. The molecule has 3 heterocycles. The van der Waals surface area contributed by atoms with Gasteiger partial charge in [-0.15, -0.1) is 0 Å². The Bertz CT molecular complexity index is 468. The van der Waals surface area contributed by atoms with E-state index in [9.17, 15) is 4.79 Å². The molecule has 6 heteroatoms. The fourth-order valence-electron chi connectivity index (χ4n) is 3.14. The summed E-state index contributed by atoms with van der Waals surface area (Å²) in [5.74, 6) is 1.30. The molecule has 120 valence electrons. The summed E-state index contributed by atoms with van der Waals surface area (Å²) in [4.78, 5) is 19.0. The number of nitrogens with one attached hydrogen (secondary N) is 3. The van der Waals surface area contributed by atoms with E-state index in [0.29, 0.717) is 13.1 Å². The average molecular weight is 306 g/mol. The molecule has 2 aliphatic rings. The Morgan fingerprint density at radius 1 is 1.41 bits per heavy atom. The molecule has 2 fully saturated rings. The van der Waals surface area contributed by atoms with E-state index in [1.54, 1.807) is 0 Å². The molecule has 0 aromatic carbocycles. The minimum absolute atomic E-state index is 0.144. The zero-order chi connectivity index (χ0) is 15.2. The van der Waals surface area contributed by atoms with Crippen LogP contribution in [0.15, 0.2) is 24.4 Å². The first-order valence-electron chi connectivity index (χ1n) is 8.25. The second-order valence-electron chi connectivity index (χ2n) is 6.10. The molecule has 0 unspecified atom stereocenters. The minimum Gasteiger partial charge on any atom is -0.376 e. The van der Waals surface area contributed by atoms with E-state index in [1.807, 2.05) is 18.3 Å². The predicted octanol–water partition coefficient (Wildman–Crippen LogP) is -1.50. The number of rotatable bonds is 5. The van der Waals surface area contributed by atoms with Crippen molar-refractivity contribution in [3.63, 3.8) is 0 Å². The van der Waals surface area contributed by atoms with Crippen LogP contribution in [0.5, 0.6) is 0 Å². The van der Waals surface area contributed by atoms with Crippen LogP contribution in [0.3, 0.4) is 0 Å². The third kappa shape index (κ3) is 4.18. The number of aromatic nitrogens is 1. The number of H-pyrrole nitrogens is 1. The molecular weight excluding hydrogens is 280 g/mol. The van der Waals surface area contributed by atoms with Crippen molar-refractivity contribution in [3.8, 4) is 0 Å². The lowest BCUT2D eigenvalue weighted by Crippen LogP contribution is -3.16. The van der Waals surface area contributed by atoms with Crippen molar-refractivity contribution in [3.05, 3.63) is 24.4 Å². The third-order valence-electron chi connectivity index (χ3n) is 4.47. The van der Waals surface area contributed by atoms with Gasteiger partial charge in [0.15, 0.2) is 6.54 Å². The summed E-state index contributed by atoms with van der Waals surface area (Å²) in [5, 5.41) is 3.01. The number of ether oxygens (including phenoxy) is 1. The van der Waals surface area contributed by atoms with E-state index in [-0.39, 0.29) is 12.0 Å². The van der Waals surface area contributed by atoms with Crippen molar-refractivity contribution in [2.45, 2.75) is 18.9 Å². The summed E-state index contributed by atoms with van der Waals surface area (Å²) in [6.07, 6.45) is 4.36. The number of hydrogen-bond donors (Lipinski definition) is 2. The quantitative estimate of drug-likeness (QED) is 0.696. The second-order valence-corrected chi connectivity index (χ2v) is 6.10. The highest BCUT2D eigenvalue weighted by molar-refractivity contribution is 5.76. The Labute approximate surface area is 131 Å². The average Bonchev–Trinajstić information content (AvgIpc) is 3.08. The van der Waals surface area contributed by atoms with Crippen molar-refractivity contribution in [2.24, 2.45) is 0 Å². The van der Waals surface area contributed by atoms with Gasteiger partial charge in [-0.3, -0.25) is 9.69 Å². The summed E-state index contributed by atoms with van der Waals surface area (Å²) in [5.41, 5.74) is 0. The van der Waals surface area contributed by atoms with E-state index >= 15 is 0 Å². The molecule has 3 N–H and O–H groups in total. The van der Waals surface area contributed by atoms with Crippen molar-refractivity contribution < 1.29 is 19.4 Å². The van der Waals surface area contributed by atoms with Gasteiger partial charge in [-0.05, 0) is 18.9 Å². The van der Waals surface area contributed by atoms with Gasteiger partial charge in [-0.2, -0.15) is 0 Å². The lowest BCUT2D eigenvalue weighted by atomic mass is 10.2. The van der Waals surface area contributed by atoms with Gasteiger partial charge in [0, 0.05) is 19.2 Å². The number of amides is 1. The van der Waals surface area contributed by atoms with Gasteiger partial charge >= 0.3 is 0 Å². The maximum atomic E-state index is 12.0. The number of pyridine rings is 1. The molecule has 0 saturated carbocycles. The molecule has 2 saturated heterocycles. The van der Waals surface area contributed by atoms with Crippen LogP contribution < -0.4 is 20.1 Å². The number of piperazine rings is 1. The van der Waals surface area contributed by atoms with Gasteiger partial charge in [0.2, 0.25) is 0 Å². The molecule has 1 aromatic rings. The summed E-state index contributed by atoms with van der Waals surface area (Å²) < 4.78 is 5.52. The molecule has 22 heavy (non-hydrogen) atoms. The van der Waals surface area contributed by atoms with Crippen LogP contribution in [-0.2, 0) is 9.53 Å². The molecule has 0 aliphatic carbocycles. The smallest absolute Gasteiger partial charge is 0.275 e. The van der Waals surface area contributed by atoms with Crippen molar-refractivity contribution in [2.75, 3.05) is 50.8 Å². The highest BCUT2D eigenvalue weighted by Gasteiger charge is 2.27. The standard InChI is InChI=1S/C16H24N4O2/c21-16(18-12-14-4-3-11-22-14)13-19-7-9-20(10-8-19)15-5-1-2-6-17-15/h1-2,5-6,14H,3-4,7-13H2,(H,18,21)/p+2/t14-/m1/s1. The van der Waals surface area contributed by atoms with E-state index < -0.39 is 0 Å². The Morgan fingerprint density at radius 3 is 2.95 bits per heavy atom. The number of anilines is 1. The molecule has 0 spiro atoms. The normalized spacial score (nSPS) is 22.7. The van der Waals surface area contributed by atoms with Gasteiger partial charge in [0.25, 0.3) is 11.7 Å². The Balaban J connectivity index is 1.37. The Hall–Kier alpha value is -1.66. The van der Waals surface area contributed by atoms with Crippen LogP contribution in [0.25, 0.3) is 0 Å². The second kappa shape index (κ2) is 7.56. The fraction of sp³-hybridized carbons (Fsp3) is 0.625. The molecule has 6 nitrogen and oxygen atoms in total. The van der Waals surface area contributed by atoms with Crippen molar-refractivity contribution >= 4 is 11.7 Å². The van der Waals surface area contributed by atoms with E-state index in [1.165, 1.54) is 4.90 Å². The van der Waals surface area contributed by atoms with Gasteiger partial charge in [-0.1, -0.05) is 6.07 Å². The maximum Gasteiger partial charge on any atom is 0.275 e. The summed E-state index contributed by atoms with van der Waals surface area (Å²) in [6, 6.07) is 6.13. The van der Waals surface area contributed by atoms with Crippen LogP contribution >= 0.6 is 0 Å². The largest absolute Gasteiger partial charge is 0.376 e. The van der Waals surface area contributed by atoms with E-state index in [4.69, 9.17) is 4.74 Å². The van der Waals surface area contributed by atoms with Gasteiger partial charge in [0.05, 0.1) is 12.3 Å². The lowest BCUT2D eigenvalue weighted by molar-refractivity contribution is -0.892. The highest BCUT2D eigenvalue weighted by Crippen LogP contribution is 2.10. The maximum absolute atomic E-state index is 12.0. The first kappa shape index (κ1) is 15.2. The monoisotopic (exact) mass is 306 g/mol. The molecule has 3 rings (SSSR count). The van der Waals surface area contributed by atoms with Crippen LogP contribution in [0.2, 0.25) is 0 Å². The Morgan fingerprint density at radius 2 is 2.27 bits per heavy atom. The molecule has 1 amide bonds. The molecule has 0 bridgehead atoms. The molecule has 0 radical (unpaired) electrons. The zero-order valence-electron chi connectivity index (χ0n) is 13.0. The topological polar surface area (TPSA) is 60.2 Å². The molecule has 1 atom stereocenters. The van der Waals surface area contributed by atoms with E-state index in [2.05, 4.69) is 21.3 Å². The molecular formula is C16H26N4O2+2. The highest BCUT2D eigenvalue weighted by atomic mass is 16.5. The third-order valence-corrected chi connectivity index (χ3v) is 4.47. The van der Waals surface area contributed by atoms with Crippen LogP contribution in [0.4, 0.5) is 5.82 Å². The summed E-state index contributed by atoms with van der Waals surface area (Å²) >= 11 is 0. The van der Waals surface area contributed by atoms with Crippen molar-refractivity contribution in [1.29, 1.82) is 0 Å². The van der Waals surface area contributed by atoms with Gasteiger partial charge in [0.1, 0.15) is 26.2 Å². The predicted molar refractivity (Wildman–Crippen MR) is 82.8 cm³/mol. The molecule has 2 aliphatic heterocycles.